The van der Waals surface area contributed by atoms with Gasteiger partial charge in [0.15, 0.2) is 0 Å². The fourth-order valence-electron chi connectivity index (χ4n) is 2.60. The lowest BCUT2D eigenvalue weighted by Crippen LogP contribution is -2.19. The number of aromatic carboxylic acids is 1. The van der Waals surface area contributed by atoms with Gasteiger partial charge in [-0.1, -0.05) is 0 Å². The first-order valence-electron chi connectivity index (χ1n) is 6.96. The van der Waals surface area contributed by atoms with Crippen LogP contribution in [0.5, 0.6) is 0 Å². The Balaban J connectivity index is 1.86. The number of hydrogen-bond acceptors (Lipinski definition) is 6. The van der Waals surface area contributed by atoms with E-state index in [1.807, 2.05) is 18.7 Å². The molecule has 0 aromatic carbocycles. The normalized spacial score (nSPS) is 16.2. The van der Waals surface area contributed by atoms with Gasteiger partial charge in [0, 0.05) is 6.54 Å². The van der Waals surface area contributed by atoms with Gasteiger partial charge in [0.1, 0.15) is 21.9 Å². The van der Waals surface area contributed by atoms with Crippen molar-refractivity contribution in [1.82, 2.24) is 9.97 Å². The molecule has 0 saturated carbocycles. The molecule has 2 aromatic heterocycles. The van der Waals surface area contributed by atoms with Crippen LogP contribution in [0.3, 0.4) is 0 Å². The lowest BCUT2D eigenvalue weighted by molar-refractivity contribution is 0.0701. The van der Waals surface area contributed by atoms with Gasteiger partial charge < -0.3 is 10.4 Å². The summed E-state index contributed by atoms with van der Waals surface area (Å²) in [5.74, 6) is 3.00. The molecule has 3 heterocycles. The van der Waals surface area contributed by atoms with Crippen LogP contribution in [0.2, 0.25) is 0 Å². The van der Waals surface area contributed by atoms with E-state index in [1.54, 1.807) is 0 Å². The highest BCUT2D eigenvalue weighted by molar-refractivity contribution is 7.99. The minimum absolute atomic E-state index is 0.350. The summed E-state index contributed by atoms with van der Waals surface area (Å²) in [7, 11) is 0. The van der Waals surface area contributed by atoms with E-state index in [0.717, 1.165) is 28.1 Å². The van der Waals surface area contributed by atoms with Crippen LogP contribution < -0.4 is 5.32 Å². The maximum absolute atomic E-state index is 11.2. The van der Waals surface area contributed by atoms with Crippen molar-refractivity contribution in [2.45, 2.75) is 19.8 Å². The van der Waals surface area contributed by atoms with Crippen molar-refractivity contribution in [2.75, 3.05) is 23.4 Å². The monoisotopic (exact) mass is 323 g/mol. The van der Waals surface area contributed by atoms with E-state index >= 15 is 0 Å². The number of nitrogens with one attached hydrogen (secondary N) is 1. The molecule has 21 heavy (non-hydrogen) atoms. The highest BCUT2D eigenvalue weighted by Crippen LogP contribution is 2.33. The number of rotatable bonds is 4. The second kappa shape index (κ2) is 6.19. The van der Waals surface area contributed by atoms with Crippen LogP contribution in [-0.4, -0.2) is 39.1 Å². The molecule has 0 bridgehead atoms. The molecule has 0 atom stereocenters. The number of carboxylic acid groups (broad SMARTS) is 1. The third kappa shape index (κ3) is 2.98. The SMILES string of the molecule is Cc1c(C(=O)O)sc2ncnc(NCC3CCSCC3)c12. The molecule has 5 nitrogen and oxygen atoms in total. The Morgan fingerprint density at radius 3 is 2.90 bits per heavy atom. The number of anilines is 1. The maximum Gasteiger partial charge on any atom is 0.346 e. The highest BCUT2D eigenvalue weighted by Gasteiger charge is 2.19. The lowest BCUT2D eigenvalue weighted by atomic mass is 10.0. The second-order valence-electron chi connectivity index (χ2n) is 5.20. The molecule has 2 aromatic rings. The fourth-order valence-corrected chi connectivity index (χ4v) is 4.79. The molecule has 112 valence electrons. The van der Waals surface area contributed by atoms with Gasteiger partial charge in [-0.15, -0.1) is 11.3 Å². The van der Waals surface area contributed by atoms with Gasteiger partial charge in [-0.3, -0.25) is 0 Å². The van der Waals surface area contributed by atoms with Crippen molar-refractivity contribution in [3.05, 3.63) is 16.8 Å². The average molecular weight is 323 g/mol. The number of fused-ring (bicyclic) bond motifs is 1. The maximum atomic E-state index is 11.2. The Bertz CT molecular complexity index is 666. The highest BCUT2D eigenvalue weighted by atomic mass is 32.2. The molecule has 1 fully saturated rings. The van der Waals surface area contributed by atoms with E-state index in [2.05, 4.69) is 15.3 Å². The minimum Gasteiger partial charge on any atom is -0.477 e. The molecule has 1 saturated heterocycles. The second-order valence-corrected chi connectivity index (χ2v) is 7.42. The van der Waals surface area contributed by atoms with Crippen molar-refractivity contribution in [3.63, 3.8) is 0 Å². The number of nitrogens with zero attached hydrogens (tertiary/aromatic N) is 2. The first-order valence-corrected chi connectivity index (χ1v) is 8.93. The van der Waals surface area contributed by atoms with Crippen molar-refractivity contribution in [2.24, 2.45) is 5.92 Å². The average Bonchev–Trinajstić information content (AvgIpc) is 2.84. The van der Waals surface area contributed by atoms with Gasteiger partial charge in [-0.05, 0) is 42.8 Å². The summed E-state index contributed by atoms with van der Waals surface area (Å²) >= 11 is 3.23. The Kier molecular flexibility index (Phi) is 4.30. The van der Waals surface area contributed by atoms with Crippen molar-refractivity contribution in [3.8, 4) is 0 Å². The molecule has 0 unspecified atom stereocenters. The van der Waals surface area contributed by atoms with Gasteiger partial charge in [0.2, 0.25) is 0 Å². The van der Waals surface area contributed by atoms with Crippen LogP contribution in [0, 0.1) is 12.8 Å². The third-order valence-electron chi connectivity index (χ3n) is 3.82. The summed E-state index contributed by atoms with van der Waals surface area (Å²) in [4.78, 5) is 20.8. The van der Waals surface area contributed by atoms with Gasteiger partial charge >= 0.3 is 5.97 Å². The molecule has 3 rings (SSSR count). The predicted molar refractivity (Wildman–Crippen MR) is 87.7 cm³/mol. The van der Waals surface area contributed by atoms with Gasteiger partial charge in [-0.2, -0.15) is 11.8 Å². The van der Waals surface area contributed by atoms with Crippen LogP contribution in [0.4, 0.5) is 5.82 Å². The van der Waals surface area contributed by atoms with Gasteiger partial charge in [0.25, 0.3) is 0 Å². The largest absolute Gasteiger partial charge is 0.477 e. The zero-order valence-electron chi connectivity index (χ0n) is 11.8. The molecule has 2 N–H and O–H groups in total. The van der Waals surface area contributed by atoms with Crippen LogP contribution in [0.25, 0.3) is 10.2 Å². The van der Waals surface area contributed by atoms with Crippen molar-refractivity contribution < 1.29 is 9.90 Å². The molecule has 0 amide bonds. The summed E-state index contributed by atoms with van der Waals surface area (Å²) < 4.78 is 0. The van der Waals surface area contributed by atoms with E-state index in [4.69, 9.17) is 0 Å². The minimum atomic E-state index is -0.897. The Morgan fingerprint density at radius 1 is 1.43 bits per heavy atom. The Labute approximate surface area is 131 Å². The van der Waals surface area contributed by atoms with Crippen molar-refractivity contribution >= 4 is 45.1 Å². The van der Waals surface area contributed by atoms with E-state index in [0.29, 0.717) is 10.8 Å². The topological polar surface area (TPSA) is 75.1 Å². The number of hydrogen-bond donors (Lipinski definition) is 2. The van der Waals surface area contributed by atoms with Crippen LogP contribution in [0.1, 0.15) is 28.1 Å². The molecule has 1 aliphatic heterocycles. The lowest BCUT2D eigenvalue weighted by Gasteiger charge is -2.21. The molecule has 0 radical (unpaired) electrons. The first-order chi connectivity index (χ1) is 10.2. The summed E-state index contributed by atoms with van der Waals surface area (Å²) in [5.41, 5.74) is 0.754. The molecule has 0 spiro atoms. The molecule has 7 heteroatoms. The van der Waals surface area contributed by atoms with Gasteiger partial charge in [-0.25, -0.2) is 14.8 Å². The van der Waals surface area contributed by atoms with Crippen LogP contribution >= 0.6 is 23.1 Å². The standard InChI is InChI=1S/C14H17N3O2S2/c1-8-10-12(15-6-9-2-4-20-5-3-9)16-7-17-13(10)21-11(8)14(18)19/h7,9H,2-6H2,1H3,(H,18,19)(H,15,16,17). The molecular formula is C14H17N3O2S2. The van der Waals surface area contributed by atoms with E-state index < -0.39 is 5.97 Å². The number of aryl methyl sites for hydroxylation is 1. The number of carbonyl (C=O) groups is 1. The summed E-state index contributed by atoms with van der Waals surface area (Å²) in [5, 5.41) is 13.5. The molecule has 1 aliphatic rings. The Hall–Kier alpha value is -1.34. The number of thiophene rings is 1. The zero-order valence-corrected chi connectivity index (χ0v) is 13.4. The summed E-state index contributed by atoms with van der Waals surface area (Å²) in [6, 6.07) is 0. The van der Waals surface area contributed by atoms with E-state index in [-0.39, 0.29) is 0 Å². The summed E-state index contributed by atoms with van der Waals surface area (Å²) in [6.07, 6.45) is 3.97. The molecule has 0 aliphatic carbocycles. The zero-order chi connectivity index (χ0) is 14.8. The van der Waals surface area contributed by atoms with Crippen molar-refractivity contribution in [1.29, 1.82) is 0 Å². The first kappa shape index (κ1) is 14.6. The number of aromatic nitrogens is 2. The smallest absolute Gasteiger partial charge is 0.346 e. The van der Waals surface area contributed by atoms with E-state index in [1.165, 1.54) is 42.0 Å². The fraction of sp³-hybridized carbons (Fsp3) is 0.500. The van der Waals surface area contributed by atoms with Crippen LogP contribution in [-0.2, 0) is 0 Å². The van der Waals surface area contributed by atoms with Crippen LogP contribution in [0.15, 0.2) is 6.33 Å². The number of thioether (sulfide) groups is 1. The third-order valence-corrected chi connectivity index (χ3v) is 6.06. The van der Waals surface area contributed by atoms with Gasteiger partial charge in [0.05, 0.1) is 5.39 Å². The quantitative estimate of drug-likeness (QED) is 0.899. The summed E-state index contributed by atoms with van der Waals surface area (Å²) in [6.45, 7) is 2.72. The predicted octanol–water partition coefficient (Wildman–Crippen LogP) is 3.25. The number of carboxylic acids is 1. The molecular weight excluding hydrogens is 306 g/mol. The van der Waals surface area contributed by atoms with E-state index in [9.17, 15) is 9.90 Å². The Morgan fingerprint density at radius 2 is 2.19 bits per heavy atom.